The van der Waals surface area contributed by atoms with Gasteiger partial charge in [-0.2, -0.15) is 0 Å². The second-order valence-corrected chi connectivity index (χ2v) is 8.97. The average molecular weight is 508 g/mol. The summed E-state index contributed by atoms with van der Waals surface area (Å²) in [6.07, 6.45) is 2.25. The molecule has 9 heteroatoms. The second-order valence-electron chi connectivity index (χ2n) is 8.53. The first-order chi connectivity index (χ1) is 17.2. The molecule has 0 aromatic heterocycles. The summed E-state index contributed by atoms with van der Waals surface area (Å²) in [5.41, 5.74) is 0.359. The molecule has 0 aliphatic heterocycles. The Hall–Kier alpha value is -4.17. The van der Waals surface area contributed by atoms with E-state index in [1.54, 1.807) is 24.3 Å². The summed E-state index contributed by atoms with van der Waals surface area (Å²) in [6.45, 7) is 0.0839. The van der Waals surface area contributed by atoms with Gasteiger partial charge in [0.05, 0.1) is 28.3 Å². The summed E-state index contributed by atoms with van der Waals surface area (Å²) in [7, 11) is 0. The van der Waals surface area contributed by atoms with E-state index in [4.69, 9.17) is 11.6 Å². The van der Waals surface area contributed by atoms with E-state index < -0.39 is 52.1 Å². The van der Waals surface area contributed by atoms with Crippen LogP contribution in [0.3, 0.4) is 0 Å². The van der Waals surface area contributed by atoms with Gasteiger partial charge in [-0.05, 0) is 60.2 Å². The predicted molar refractivity (Wildman–Crippen MR) is 131 cm³/mol. The minimum absolute atomic E-state index is 0.0839. The molecule has 4 rings (SSSR count). The smallest absolute Gasteiger partial charge is 0.336 e. The van der Waals surface area contributed by atoms with Crippen molar-refractivity contribution in [1.29, 1.82) is 0 Å². The fourth-order valence-electron chi connectivity index (χ4n) is 4.67. The van der Waals surface area contributed by atoms with Gasteiger partial charge in [-0.15, -0.1) is 0 Å². The minimum atomic E-state index is -1.61. The maximum atomic E-state index is 14.0. The Labute approximate surface area is 211 Å². The van der Waals surface area contributed by atoms with E-state index in [0.717, 1.165) is 36.1 Å². The number of nitrogens with zero attached hydrogens (tertiary/aromatic N) is 1. The SMILES string of the molecule is O=C(O)c1cc(C(=O)O)c(C(=O)N(Cc2cccc(Cl)c2)[C@H]2CCCc3ccccc32)cc1C(=O)O. The molecular formula is C27H22ClNO7. The van der Waals surface area contributed by atoms with E-state index in [0.29, 0.717) is 17.0 Å². The fraction of sp³-hybridized carbons (Fsp3) is 0.185. The summed E-state index contributed by atoms with van der Waals surface area (Å²) in [4.78, 5) is 51.0. The van der Waals surface area contributed by atoms with Crippen LogP contribution in [0.25, 0.3) is 0 Å². The van der Waals surface area contributed by atoms with E-state index in [9.17, 15) is 34.5 Å². The molecule has 1 aliphatic carbocycles. The molecule has 1 aliphatic rings. The molecule has 0 heterocycles. The minimum Gasteiger partial charge on any atom is -0.478 e. The highest BCUT2D eigenvalue weighted by Crippen LogP contribution is 2.37. The van der Waals surface area contributed by atoms with Crippen LogP contribution < -0.4 is 0 Å². The van der Waals surface area contributed by atoms with Crippen LogP contribution >= 0.6 is 11.6 Å². The number of halogens is 1. The van der Waals surface area contributed by atoms with Gasteiger partial charge in [-0.3, -0.25) is 4.79 Å². The van der Waals surface area contributed by atoms with Crippen LogP contribution in [0.15, 0.2) is 60.7 Å². The number of rotatable bonds is 7. The first-order valence-corrected chi connectivity index (χ1v) is 11.6. The zero-order valence-corrected chi connectivity index (χ0v) is 19.7. The van der Waals surface area contributed by atoms with Crippen molar-refractivity contribution in [1.82, 2.24) is 4.90 Å². The van der Waals surface area contributed by atoms with Crippen LogP contribution in [0.1, 0.15) is 77.0 Å². The van der Waals surface area contributed by atoms with E-state index in [1.165, 1.54) is 4.90 Å². The number of aryl methyl sites for hydroxylation is 1. The summed E-state index contributed by atoms with van der Waals surface area (Å²) in [6, 6.07) is 15.8. The van der Waals surface area contributed by atoms with E-state index >= 15 is 0 Å². The lowest BCUT2D eigenvalue weighted by Crippen LogP contribution is -2.37. The third kappa shape index (κ3) is 4.94. The molecule has 3 aromatic carbocycles. The van der Waals surface area contributed by atoms with Crippen LogP contribution in [-0.2, 0) is 13.0 Å². The highest BCUT2D eigenvalue weighted by atomic mass is 35.5. The number of carboxylic acid groups (broad SMARTS) is 3. The summed E-state index contributed by atoms with van der Waals surface area (Å²) in [5.74, 6) is -5.44. The number of hydrogen-bond acceptors (Lipinski definition) is 4. The van der Waals surface area contributed by atoms with Gasteiger partial charge in [0.15, 0.2) is 0 Å². The highest BCUT2D eigenvalue weighted by Gasteiger charge is 2.33. The number of carboxylic acids is 3. The lowest BCUT2D eigenvalue weighted by atomic mass is 9.86. The topological polar surface area (TPSA) is 132 Å². The van der Waals surface area contributed by atoms with Gasteiger partial charge in [0.25, 0.3) is 5.91 Å². The molecule has 184 valence electrons. The molecule has 0 fully saturated rings. The van der Waals surface area contributed by atoms with Crippen molar-refractivity contribution >= 4 is 35.4 Å². The van der Waals surface area contributed by atoms with Crippen LogP contribution in [-0.4, -0.2) is 44.0 Å². The summed E-state index contributed by atoms with van der Waals surface area (Å²) in [5, 5.41) is 29.3. The van der Waals surface area contributed by atoms with E-state index in [1.807, 2.05) is 24.3 Å². The molecule has 0 unspecified atom stereocenters. The summed E-state index contributed by atoms with van der Waals surface area (Å²) >= 11 is 6.16. The number of fused-ring (bicyclic) bond motifs is 1. The first kappa shape index (κ1) is 24.9. The molecule has 0 bridgehead atoms. The lowest BCUT2D eigenvalue weighted by Gasteiger charge is -2.36. The van der Waals surface area contributed by atoms with Gasteiger partial charge in [0, 0.05) is 11.6 Å². The highest BCUT2D eigenvalue weighted by molar-refractivity contribution is 6.30. The molecule has 36 heavy (non-hydrogen) atoms. The number of amides is 1. The van der Waals surface area contributed by atoms with Crippen molar-refractivity contribution in [3.05, 3.63) is 105 Å². The van der Waals surface area contributed by atoms with Crippen LogP contribution in [0.5, 0.6) is 0 Å². The Morgan fingerprint density at radius 1 is 0.806 bits per heavy atom. The molecule has 8 nitrogen and oxygen atoms in total. The molecule has 0 saturated heterocycles. The molecule has 0 saturated carbocycles. The third-order valence-electron chi connectivity index (χ3n) is 6.30. The van der Waals surface area contributed by atoms with Gasteiger partial charge in [0.1, 0.15) is 0 Å². The van der Waals surface area contributed by atoms with Crippen molar-refractivity contribution in [3.8, 4) is 0 Å². The van der Waals surface area contributed by atoms with Gasteiger partial charge < -0.3 is 20.2 Å². The number of hydrogen-bond donors (Lipinski definition) is 3. The Morgan fingerprint density at radius 3 is 2.06 bits per heavy atom. The maximum Gasteiger partial charge on any atom is 0.336 e. The molecule has 0 radical (unpaired) electrons. The third-order valence-corrected chi connectivity index (χ3v) is 6.53. The maximum absolute atomic E-state index is 14.0. The number of aromatic carboxylic acids is 3. The number of carbonyl (C=O) groups is 4. The van der Waals surface area contributed by atoms with Crippen molar-refractivity contribution in [2.45, 2.75) is 31.8 Å². The van der Waals surface area contributed by atoms with Gasteiger partial charge >= 0.3 is 17.9 Å². The quantitative estimate of drug-likeness (QED) is 0.402. The fourth-order valence-corrected chi connectivity index (χ4v) is 4.88. The number of benzene rings is 3. The van der Waals surface area contributed by atoms with Crippen molar-refractivity contribution in [3.63, 3.8) is 0 Å². The Morgan fingerprint density at radius 2 is 1.42 bits per heavy atom. The Balaban J connectivity index is 1.89. The predicted octanol–water partition coefficient (Wildman–Crippen LogP) is 5.15. The van der Waals surface area contributed by atoms with Crippen LogP contribution in [0.2, 0.25) is 5.02 Å². The van der Waals surface area contributed by atoms with Gasteiger partial charge in [-0.1, -0.05) is 48.0 Å². The molecule has 3 N–H and O–H groups in total. The zero-order chi connectivity index (χ0) is 26.0. The molecule has 0 spiro atoms. The van der Waals surface area contributed by atoms with Crippen LogP contribution in [0, 0.1) is 0 Å². The second kappa shape index (κ2) is 10.2. The molecule has 1 amide bonds. The average Bonchev–Trinajstić information content (AvgIpc) is 2.85. The van der Waals surface area contributed by atoms with Crippen LogP contribution in [0.4, 0.5) is 0 Å². The van der Waals surface area contributed by atoms with Gasteiger partial charge in [-0.25, -0.2) is 14.4 Å². The molecular weight excluding hydrogens is 486 g/mol. The van der Waals surface area contributed by atoms with Gasteiger partial charge in [0.2, 0.25) is 0 Å². The summed E-state index contributed by atoms with van der Waals surface area (Å²) < 4.78 is 0. The monoisotopic (exact) mass is 507 g/mol. The zero-order valence-electron chi connectivity index (χ0n) is 19.0. The largest absolute Gasteiger partial charge is 0.478 e. The lowest BCUT2D eigenvalue weighted by molar-refractivity contribution is 0.0611. The Kier molecular flexibility index (Phi) is 7.07. The standard InChI is InChI=1S/C27H22ClNO7/c28-17-8-3-5-15(11-17)14-29(23-10-4-7-16-6-1-2-9-18(16)23)24(30)19-12-21(26(33)34)22(27(35)36)13-20(19)25(31)32/h1-3,5-6,8-9,11-13,23H,4,7,10,14H2,(H,31,32)(H,33,34)(H,35,36)/t23-/m0/s1. The molecule has 3 aromatic rings. The first-order valence-electron chi connectivity index (χ1n) is 11.2. The van der Waals surface area contributed by atoms with Crippen molar-refractivity contribution < 1.29 is 34.5 Å². The van der Waals surface area contributed by atoms with Crippen molar-refractivity contribution in [2.24, 2.45) is 0 Å². The van der Waals surface area contributed by atoms with E-state index in [2.05, 4.69) is 0 Å². The Bertz CT molecular complexity index is 1380. The van der Waals surface area contributed by atoms with Crippen molar-refractivity contribution in [2.75, 3.05) is 0 Å². The number of carbonyl (C=O) groups excluding carboxylic acids is 1. The van der Waals surface area contributed by atoms with E-state index in [-0.39, 0.29) is 6.54 Å². The molecule has 1 atom stereocenters. The normalized spacial score (nSPS) is 14.5.